The third-order valence-electron chi connectivity index (χ3n) is 3.51. The Kier molecular flexibility index (Phi) is 3.19. The number of pyridine rings is 1. The van der Waals surface area contributed by atoms with Gasteiger partial charge in [-0.15, -0.1) is 0 Å². The lowest BCUT2D eigenvalue weighted by Crippen LogP contribution is -2.41. The van der Waals surface area contributed by atoms with E-state index < -0.39 is 24.7 Å². The SMILES string of the molecule is CC1(C)OB(c2cccc(C(F)F)n2)OC1(C)C. The predicted molar refractivity (Wildman–Crippen MR) is 64.9 cm³/mol. The van der Waals surface area contributed by atoms with Crippen molar-refractivity contribution in [1.29, 1.82) is 0 Å². The Morgan fingerprint density at radius 2 is 1.67 bits per heavy atom. The fourth-order valence-electron chi connectivity index (χ4n) is 1.69. The van der Waals surface area contributed by atoms with Crippen molar-refractivity contribution in [2.45, 2.75) is 45.3 Å². The molecule has 0 amide bonds. The van der Waals surface area contributed by atoms with E-state index in [4.69, 9.17) is 9.31 Å². The molecule has 0 radical (unpaired) electrons. The Bertz CT molecular complexity index is 435. The summed E-state index contributed by atoms with van der Waals surface area (Å²) in [7, 11) is -0.700. The predicted octanol–water partition coefficient (Wildman–Crippen LogP) is 2.32. The van der Waals surface area contributed by atoms with E-state index in [1.807, 2.05) is 27.7 Å². The topological polar surface area (TPSA) is 31.4 Å². The van der Waals surface area contributed by atoms with Crippen molar-refractivity contribution in [2.24, 2.45) is 0 Å². The Balaban J connectivity index is 2.27. The molecule has 1 fully saturated rings. The lowest BCUT2D eigenvalue weighted by atomic mass is 9.84. The van der Waals surface area contributed by atoms with Gasteiger partial charge in [0.25, 0.3) is 6.43 Å². The van der Waals surface area contributed by atoms with Gasteiger partial charge in [-0.25, -0.2) is 8.78 Å². The van der Waals surface area contributed by atoms with Crippen LogP contribution in [0.2, 0.25) is 0 Å². The first-order valence-electron chi connectivity index (χ1n) is 5.83. The summed E-state index contributed by atoms with van der Waals surface area (Å²) in [5, 5.41) is 0. The Morgan fingerprint density at radius 3 is 2.17 bits per heavy atom. The molecule has 1 saturated heterocycles. The van der Waals surface area contributed by atoms with Crippen molar-refractivity contribution >= 4 is 12.7 Å². The summed E-state index contributed by atoms with van der Waals surface area (Å²) < 4.78 is 36.7. The molecule has 0 N–H and O–H groups in total. The molecule has 0 saturated carbocycles. The molecule has 0 spiro atoms. The number of aromatic nitrogens is 1. The molecular weight excluding hydrogens is 239 g/mol. The van der Waals surface area contributed by atoms with E-state index in [2.05, 4.69) is 4.98 Å². The maximum atomic E-state index is 12.6. The van der Waals surface area contributed by atoms with Crippen LogP contribution >= 0.6 is 0 Å². The zero-order valence-electron chi connectivity index (χ0n) is 10.9. The standard InChI is InChI=1S/C12H16BF2NO2/c1-11(2)12(3,4)18-13(17-11)9-7-5-6-8(16-9)10(14)15/h5-7,10H,1-4H3. The third kappa shape index (κ3) is 2.27. The molecule has 2 rings (SSSR count). The fraction of sp³-hybridized carbons (Fsp3) is 0.583. The summed E-state index contributed by atoms with van der Waals surface area (Å²) >= 11 is 0. The van der Waals surface area contributed by atoms with Crippen molar-refractivity contribution < 1.29 is 18.1 Å². The second kappa shape index (κ2) is 4.28. The van der Waals surface area contributed by atoms with Crippen molar-refractivity contribution in [3.63, 3.8) is 0 Å². The van der Waals surface area contributed by atoms with E-state index in [-0.39, 0.29) is 5.69 Å². The zero-order chi connectivity index (χ0) is 13.6. The summed E-state index contributed by atoms with van der Waals surface area (Å²) in [4.78, 5) is 3.89. The average molecular weight is 255 g/mol. The molecule has 6 heteroatoms. The molecule has 0 unspecified atom stereocenters. The summed E-state index contributed by atoms with van der Waals surface area (Å²) in [6.45, 7) is 7.63. The number of alkyl halides is 2. The lowest BCUT2D eigenvalue weighted by Gasteiger charge is -2.32. The molecule has 1 aromatic heterocycles. The molecular formula is C12H16BF2NO2. The summed E-state index contributed by atoms with van der Waals surface area (Å²) in [6.07, 6.45) is -2.59. The van der Waals surface area contributed by atoms with Crippen LogP contribution in [-0.2, 0) is 9.31 Å². The molecule has 3 nitrogen and oxygen atoms in total. The number of hydrogen-bond acceptors (Lipinski definition) is 3. The second-order valence-electron chi connectivity index (χ2n) is 5.38. The minimum atomic E-state index is -2.59. The highest BCUT2D eigenvalue weighted by Gasteiger charge is 2.52. The van der Waals surface area contributed by atoms with Crippen LogP contribution in [0.1, 0.15) is 39.8 Å². The lowest BCUT2D eigenvalue weighted by molar-refractivity contribution is 0.00578. The van der Waals surface area contributed by atoms with Gasteiger partial charge in [0.2, 0.25) is 0 Å². The van der Waals surface area contributed by atoms with Crippen molar-refractivity contribution in [1.82, 2.24) is 4.98 Å². The first kappa shape index (κ1) is 13.4. The van der Waals surface area contributed by atoms with Crippen molar-refractivity contribution in [3.05, 3.63) is 23.9 Å². The van der Waals surface area contributed by atoms with Crippen LogP contribution in [0.15, 0.2) is 18.2 Å². The van der Waals surface area contributed by atoms with Crippen LogP contribution in [0, 0.1) is 0 Å². The summed E-state index contributed by atoms with van der Waals surface area (Å²) in [6, 6.07) is 4.46. The van der Waals surface area contributed by atoms with Gasteiger partial charge >= 0.3 is 7.12 Å². The number of rotatable bonds is 2. The molecule has 1 aliphatic heterocycles. The third-order valence-corrected chi connectivity index (χ3v) is 3.51. The smallest absolute Gasteiger partial charge is 0.398 e. The van der Waals surface area contributed by atoms with Gasteiger partial charge in [-0.05, 0) is 39.8 Å². The van der Waals surface area contributed by atoms with Crippen LogP contribution in [0.5, 0.6) is 0 Å². The van der Waals surface area contributed by atoms with E-state index in [9.17, 15) is 8.78 Å². The highest BCUT2D eigenvalue weighted by molar-refractivity contribution is 6.61. The highest BCUT2D eigenvalue weighted by Crippen LogP contribution is 2.36. The fourth-order valence-corrected chi connectivity index (χ4v) is 1.69. The van der Waals surface area contributed by atoms with Gasteiger partial charge in [0, 0.05) is 0 Å². The van der Waals surface area contributed by atoms with Crippen LogP contribution < -0.4 is 5.59 Å². The van der Waals surface area contributed by atoms with Gasteiger partial charge in [-0.2, -0.15) is 0 Å². The molecule has 0 bridgehead atoms. The number of halogens is 2. The highest BCUT2D eigenvalue weighted by atomic mass is 19.3. The number of hydrogen-bond donors (Lipinski definition) is 0. The Labute approximate surface area is 106 Å². The van der Waals surface area contributed by atoms with E-state index in [1.54, 1.807) is 6.07 Å². The molecule has 1 aromatic rings. The molecule has 0 aromatic carbocycles. The van der Waals surface area contributed by atoms with E-state index in [0.717, 1.165) is 0 Å². The minimum absolute atomic E-state index is 0.262. The molecule has 18 heavy (non-hydrogen) atoms. The van der Waals surface area contributed by atoms with E-state index >= 15 is 0 Å². The monoisotopic (exact) mass is 255 g/mol. The maximum absolute atomic E-state index is 12.6. The largest absolute Gasteiger partial charge is 0.514 e. The molecule has 98 valence electrons. The average Bonchev–Trinajstić information content (AvgIpc) is 2.48. The van der Waals surface area contributed by atoms with Gasteiger partial charge in [0.05, 0.1) is 16.8 Å². The molecule has 0 aliphatic carbocycles. The van der Waals surface area contributed by atoms with Gasteiger partial charge in [-0.1, -0.05) is 6.07 Å². The van der Waals surface area contributed by atoms with Crippen molar-refractivity contribution in [3.8, 4) is 0 Å². The second-order valence-corrected chi connectivity index (χ2v) is 5.38. The van der Waals surface area contributed by atoms with Gasteiger partial charge in [0.15, 0.2) is 0 Å². The first-order valence-corrected chi connectivity index (χ1v) is 5.83. The molecule has 1 aliphatic rings. The summed E-state index contributed by atoms with van der Waals surface area (Å²) in [5.41, 5.74) is -0.881. The zero-order valence-corrected chi connectivity index (χ0v) is 10.9. The van der Waals surface area contributed by atoms with Crippen LogP contribution in [0.3, 0.4) is 0 Å². The van der Waals surface area contributed by atoms with Crippen molar-refractivity contribution in [2.75, 3.05) is 0 Å². The van der Waals surface area contributed by atoms with Gasteiger partial charge < -0.3 is 9.31 Å². The minimum Gasteiger partial charge on any atom is -0.398 e. The van der Waals surface area contributed by atoms with Crippen LogP contribution in [0.25, 0.3) is 0 Å². The van der Waals surface area contributed by atoms with E-state index in [0.29, 0.717) is 5.59 Å². The van der Waals surface area contributed by atoms with E-state index in [1.165, 1.54) is 12.1 Å². The first-order chi connectivity index (χ1) is 8.23. The quantitative estimate of drug-likeness (QED) is 0.760. The van der Waals surface area contributed by atoms with Crippen LogP contribution in [-0.4, -0.2) is 23.3 Å². The summed E-state index contributed by atoms with van der Waals surface area (Å²) in [5.74, 6) is 0. The molecule has 0 atom stereocenters. The Morgan fingerprint density at radius 1 is 1.11 bits per heavy atom. The Hall–Kier alpha value is -1.01. The molecule has 2 heterocycles. The van der Waals surface area contributed by atoms with Crippen LogP contribution in [0.4, 0.5) is 8.78 Å². The van der Waals surface area contributed by atoms with Gasteiger partial charge in [-0.3, -0.25) is 4.98 Å². The van der Waals surface area contributed by atoms with Gasteiger partial charge in [0.1, 0.15) is 5.69 Å². The maximum Gasteiger partial charge on any atom is 0.514 e. The number of nitrogens with zero attached hydrogens (tertiary/aromatic N) is 1. The normalized spacial score (nSPS) is 21.6.